The number of hydrogen-bond donors (Lipinski definition) is 2. The Kier molecular flexibility index (Phi) is 4.57. The summed E-state index contributed by atoms with van der Waals surface area (Å²) in [5, 5.41) is 24.9. The molecular formula is C16H14N6O2. The van der Waals surface area contributed by atoms with Crippen LogP contribution < -0.4 is 5.43 Å². The van der Waals surface area contributed by atoms with Crippen LogP contribution in [0.1, 0.15) is 5.56 Å². The van der Waals surface area contributed by atoms with Crippen molar-refractivity contribution in [2.24, 2.45) is 5.10 Å². The molecule has 3 rings (SSSR count). The number of carbonyl (C=O) groups is 1. The molecule has 0 atom stereocenters. The molecule has 24 heavy (non-hydrogen) atoms. The molecule has 2 N–H and O–H groups in total. The minimum absolute atomic E-state index is 0.0905. The van der Waals surface area contributed by atoms with Crippen LogP contribution in [0.15, 0.2) is 59.7 Å². The summed E-state index contributed by atoms with van der Waals surface area (Å²) in [5.74, 6) is 0.251. The Labute approximate surface area is 137 Å². The van der Waals surface area contributed by atoms with Crippen LogP contribution in [0.4, 0.5) is 0 Å². The van der Waals surface area contributed by atoms with E-state index in [9.17, 15) is 9.90 Å². The van der Waals surface area contributed by atoms with Crippen molar-refractivity contribution < 1.29 is 9.90 Å². The zero-order valence-electron chi connectivity index (χ0n) is 12.6. The topological polar surface area (TPSA) is 105 Å². The monoisotopic (exact) mass is 322 g/mol. The van der Waals surface area contributed by atoms with E-state index in [1.165, 1.54) is 23.1 Å². The molecule has 0 bridgehead atoms. The fourth-order valence-electron chi connectivity index (χ4n) is 1.92. The minimum atomic E-state index is -0.373. The molecule has 1 aromatic heterocycles. The first-order valence-electron chi connectivity index (χ1n) is 7.15. The van der Waals surface area contributed by atoms with Gasteiger partial charge in [0.15, 0.2) is 0 Å². The number of nitrogens with zero attached hydrogens (tertiary/aromatic N) is 5. The lowest BCUT2D eigenvalue weighted by Crippen LogP contribution is -2.24. The smallest absolute Gasteiger partial charge is 0.263 e. The minimum Gasteiger partial charge on any atom is -0.508 e. The van der Waals surface area contributed by atoms with E-state index in [4.69, 9.17) is 0 Å². The van der Waals surface area contributed by atoms with Gasteiger partial charge in [-0.25, -0.2) is 5.43 Å². The molecule has 8 nitrogen and oxygen atoms in total. The van der Waals surface area contributed by atoms with Crippen molar-refractivity contribution in [2.75, 3.05) is 0 Å². The van der Waals surface area contributed by atoms with Crippen LogP contribution in [0.5, 0.6) is 5.75 Å². The highest BCUT2D eigenvalue weighted by molar-refractivity contribution is 5.82. The molecule has 1 heterocycles. The average molecular weight is 322 g/mol. The van der Waals surface area contributed by atoms with Gasteiger partial charge < -0.3 is 5.11 Å². The SMILES string of the molecule is O=C(Cn1nnc(-c2ccccc2)n1)N/N=C\c1ccc(O)cc1. The van der Waals surface area contributed by atoms with Gasteiger partial charge in [-0.05, 0) is 35.0 Å². The zero-order valence-corrected chi connectivity index (χ0v) is 12.6. The predicted molar refractivity (Wildman–Crippen MR) is 87.1 cm³/mol. The molecule has 0 aliphatic rings. The highest BCUT2D eigenvalue weighted by Gasteiger charge is 2.08. The van der Waals surface area contributed by atoms with E-state index in [-0.39, 0.29) is 18.2 Å². The van der Waals surface area contributed by atoms with E-state index in [0.717, 1.165) is 11.1 Å². The van der Waals surface area contributed by atoms with E-state index in [1.807, 2.05) is 30.3 Å². The third-order valence-corrected chi connectivity index (χ3v) is 3.07. The first-order valence-corrected chi connectivity index (χ1v) is 7.15. The summed E-state index contributed by atoms with van der Waals surface area (Å²) in [6.07, 6.45) is 1.47. The molecule has 0 aliphatic heterocycles. The molecule has 0 unspecified atom stereocenters. The third-order valence-electron chi connectivity index (χ3n) is 3.07. The van der Waals surface area contributed by atoms with Gasteiger partial charge >= 0.3 is 0 Å². The lowest BCUT2D eigenvalue weighted by Gasteiger charge is -1.98. The van der Waals surface area contributed by atoms with Crippen molar-refractivity contribution in [3.05, 3.63) is 60.2 Å². The molecule has 0 saturated carbocycles. The maximum Gasteiger partial charge on any atom is 0.263 e. The number of rotatable bonds is 5. The number of tetrazole rings is 1. The highest BCUT2D eigenvalue weighted by atomic mass is 16.3. The van der Waals surface area contributed by atoms with E-state index in [1.54, 1.807) is 12.1 Å². The Morgan fingerprint density at radius 2 is 1.92 bits per heavy atom. The Bertz CT molecular complexity index is 843. The number of phenols is 1. The molecule has 0 radical (unpaired) electrons. The predicted octanol–water partition coefficient (Wildman–Crippen LogP) is 1.20. The van der Waals surface area contributed by atoms with E-state index < -0.39 is 0 Å². The van der Waals surface area contributed by atoms with Crippen LogP contribution >= 0.6 is 0 Å². The fraction of sp³-hybridized carbons (Fsp3) is 0.0625. The maximum atomic E-state index is 11.8. The van der Waals surface area contributed by atoms with E-state index in [2.05, 4.69) is 25.9 Å². The second kappa shape index (κ2) is 7.14. The van der Waals surface area contributed by atoms with Gasteiger partial charge in [-0.2, -0.15) is 9.90 Å². The van der Waals surface area contributed by atoms with Crippen LogP contribution in [-0.4, -0.2) is 37.4 Å². The number of phenolic OH excluding ortho intramolecular Hbond substituents is 1. The normalized spacial score (nSPS) is 10.8. The summed E-state index contributed by atoms with van der Waals surface area (Å²) in [6, 6.07) is 15.8. The van der Waals surface area contributed by atoms with Gasteiger partial charge in [-0.15, -0.1) is 10.2 Å². The number of nitrogens with one attached hydrogen (secondary N) is 1. The Morgan fingerprint density at radius 1 is 1.17 bits per heavy atom. The number of carbonyl (C=O) groups excluding carboxylic acids is 1. The van der Waals surface area contributed by atoms with Crippen molar-refractivity contribution in [2.45, 2.75) is 6.54 Å². The zero-order chi connectivity index (χ0) is 16.8. The maximum absolute atomic E-state index is 11.8. The molecule has 0 saturated heterocycles. The average Bonchev–Trinajstić information content (AvgIpc) is 3.06. The second-order valence-corrected chi connectivity index (χ2v) is 4.89. The Morgan fingerprint density at radius 3 is 2.67 bits per heavy atom. The van der Waals surface area contributed by atoms with Crippen molar-refractivity contribution in [3.63, 3.8) is 0 Å². The van der Waals surface area contributed by atoms with Gasteiger partial charge in [0.2, 0.25) is 5.82 Å². The summed E-state index contributed by atoms with van der Waals surface area (Å²) >= 11 is 0. The molecule has 0 fully saturated rings. The molecular weight excluding hydrogens is 308 g/mol. The quantitative estimate of drug-likeness (QED) is 0.542. The van der Waals surface area contributed by atoms with Crippen LogP contribution in [0, 0.1) is 0 Å². The molecule has 0 spiro atoms. The van der Waals surface area contributed by atoms with E-state index in [0.29, 0.717) is 5.82 Å². The molecule has 8 heteroatoms. The Hall–Kier alpha value is -3.55. The molecule has 3 aromatic rings. The molecule has 120 valence electrons. The molecule has 0 aliphatic carbocycles. The van der Waals surface area contributed by atoms with Crippen molar-refractivity contribution in [1.29, 1.82) is 0 Å². The summed E-state index contributed by atoms with van der Waals surface area (Å²) in [4.78, 5) is 13.0. The Balaban J connectivity index is 1.55. The van der Waals surface area contributed by atoms with Gasteiger partial charge in [-0.1, -0.05) is 30.3 Å². The summed E-state index contributed by atoms with van der Waals surface area (Å²) < 4.78 is 0. The standard InChI is InChI=1S/C16H14N6O2/c23-14-8-6-12(7-9-14)10-17-18-15(24)11-22-20-16(19-21-22)13-4-2-1-3-5-13/h1-10,23H,11H2,(H,18,24)/b17-10-. The lowest BCUT2D eigenvalue weighted by molar-refractivity contribution is -0.122. The van der Waals surface area contributed by atoms with Crippen LogP contribution in [0.25, 0.3) is 11.4 Å². The van der Waals surface area contributed by atoms with Gasteiger partial charge in [0, 0.05) is 5.56 Å². The number of hydrazone groups is 1. The highest BCUT2D eigenvalue weighted by Crippen LogP contribution is 2.11. The summed E-state index contributed by atoms with van der Waals surface area (Å²) in [6.45, 7) is -0.0905. The van der Waals surface area contributed by atoms with Gasteiger partial charge in [-0.3, -0.25) is 4.79 Å². The second-order valence-electron chi connectivity index (χ2n) is 4.89. The van der Waals surface area contributed by atoms with Gasteiger partial charge in [0.05, 0.1) is 6.21 Å². The molecule has 2 aromatic carbocycles. The number of amides is 1. The summed E-state index contributed by atoms with van der Waals surface area (Å²) in [5.41, 5.74) is 3.96. The fourth-order valence-corrected chi connectivity index (χ4v) is 1.92. The third kappa shape index (κ3) is 4.01. The van der Waals surface area contributed by atoms with Crippen LogP contribution in [0.3, 0.4) is 0 Å². The number of aromatic hydroxyl groups is 1. The summed E-state index contributed by atoms with van der Waals surface area (Å²) in [7, 11) is 0. The first-order chi connectivity index (χ1) is 11.7. The van der Waals surface area contributed by atoms with E-state index >= 15 is 0 Å². The van der Waals surface area contributed by atoms with Gasteiger partial charge in [0.25, 0.3) is 5.91 Å². The van der Waals surface area contributed by atoms with Crippen molar-refractivity contribution in [3.8, 4) is 17.1 Å². The largest absolute Gasteiger partial charge is 0.508 e. The van der Waals surface area contributed by atoms with Crippen molar-refractivity contribution >= 4 is 12.1 Å². The number of hydrogen-bond acceptors (Lipinski definition) is 6. The molecule has 1 amide bonds. The van der Waals surface area contributed by atoms with Crippen molar-refractivity contribution in [1.82, 2.24) is 25.6 Å². The number of benzene rings is 2. The van der Waals surface area contributed by atoms with Crippen LogP contribution in [0.2, 0.25) is 0 Å². The first kappa shape index (κ1) is 15.3. The lowest BCUT2D eigenvalue weighted by atomic mass is 10.2. The number of aromatic nitrogens is 4. The van der Waals surface area contributed by atoms with Crippen LogP contribution in [-0.2, 0) is 11.3 Å². The van der Waals surface area contributed by atoms with Gasteiger partial charge in [0.1, 0.15) is 12.3 Å².